The van der Waals surface area contributed by atoms with Crippen LogP contribution in [0.25, 0.3) is 0 Å². The first-order valence-electron chi connectivity index (χ1n) is 5.57. The lowest BCUT2D eigenvalue weighted by atomic mass is 10.2. The van der Waals surface area contributed by atoms with Gasteiger partial charge in [-0.1, -0.05) is 0 Å². The molecule has 0 aliphatic rings. The van der Waals surface area contributed by atoms with Gasteiger partial charge in [0.25, 0.3) is 0 Å². The van der Waals surface area contributed by atoms with Crippen LogP contribution in [0, 0.1) is 0 Å². The van der Waals surface area contributed by atoms with E-state index in [-0.39, 0.29) is 13.0 Å². The summed E-state index contributed by atoms with van der Waals surface area (Å²) >= 11 is 0. The fourth-order valence-corrected chi connectivity index (χ4v) is 1.10. The van der Waals surface area contributed by atoms with Crippen molar-refractivity contribution in [3.8, 4) is 0 Å². The molecule has 17 heavy (non-hydrogen) atoms. The Morgan fingerprint density at radius 1 is 1.35 bits per heavy atom. The van der Waals surface area contributed by atoms with E-state index < -0.39 is 23.8 Å². The molecular weight excluding hydrogens is 226 g/mol. The Balaban J connectivity index is 3.88. The molecule has 6 nitrogen and oxygen atoms in total. The Kier molecular flexibility index (Phi) is 6.57. The van der Waals surface area contributed by atoms with Gasteiger partial charge in [0, 0.05) is 19.6 Å². The third-order valence-corrected chi connectivity index (χ3v) is 1.72. The summed E-state index contributed by atoms with van der Waals surface area (Å²) in [5.41, 5.74) is -0.559. The van der Waals surface area contributed by atoms with Crippen LogP contribution in [0.1, 0.15) is 34.1 Å². The van der Waals surface area contributed by atoms with Crippen LogP contribution in [0.3, 0.4) is 0 Å². The molecule has 0 heterocycles. The van der Waals surface area contributed by atoms with Crippen molar-refractivity contribution in [2.75, 3.05) is 13.2 Å². The maximum Gasteiger partial charge on any atom is 0.407 e. The van der Waals surface area contributed by atoms with Gasteiger partial charge in [-0.3, -0.25) is 0 Å². The van der Waals surface area contributed by atoms with Gasteiger partial charge < -0.3 is 19.9 Å². The molecule has 0 rings (SSSR count). The molecule has 0 bridgehead atoms. The maximum atomic E-state index is 11.2. The molecule has 0 aliphatic heterocycles. The maximum absolute atomic E-state index is 11.2. The molecule has 1 atom stereocenters. The van der Waals surface area contributed by atoms with Gasteiger partial charge in [-0.15, -0.1) is 0 Å². The number of carbonyl (C=O) groups excluding carboxylic acids is 1. The number of aliphatic carboxylic acids is 1. The highest BCUT2D eigenvalue weighted by molar-refractivity contribution is 5.72. The topological polar surface area (TPSA) is 84.9 Å². The van der Waals surface area contributed by atoms with E-state index in [1.165, 1.54) is 0 Å². The fourth-order valence-electron chi connectivity index (χ4n) is 1.10. The molecule has 0 aromatic heterocycles. The molecule has 0 fully saturated rings. The van der Waals surface area contributed by atoms with E-state index in [1.807, 2.05) is 0 Å². The largest absolute Gasteiger partial charge is 0.479 e. The Labute approximate surface area is 101 Å². The predicted molar refractivity (Wildman–Crippen MR) is 61.9 cm³/mol. The van der Waals surface area contributed by atoms with Crippen molar-refractivity contribution in [1.29, 1.82) is 0 Å². The third kappa shape index (κ3) is 8.50. The first-order valence-corrected chi connectivity index (χ1v) is 5.57. The predicted octanol–water partition coefficient (Wildman–Crippen LogP) is 1.39. The monoisotopic (exact) mass is 247 g/mol. The lowest BCUT2D eigenvalue weighted by Gasteiger charge is -2.20. The summed E-state index contributed by atoms with van der Waals surface area (Å²) in [6, 6.07) is 0. The Hall–Kier alpha value is -1.30. The summed E-state index contributed by atoms with van der Waals surface area (Å²) in [5, 5.41) is 11.3. The molecule has 0 aromatic carbocycles. The van der Waals surface area contributed by atoms with Crippen molar-refractivity contribution < 1.29 is 24.2 Å². The van der Waals surface area contributed by atoms with Gasteiger partial charge in [0.15, 0.2) is 6.10 Å². The average Bonchev–Trinajstić information content (AvgIpc) is 2.13. The van der Waals surface area contributed by atoms with E-state index in [0.717, 1.165) is 0 Å². The van der Waals surface area contributed by atoms with Gasteiger partial charge in [-0.05, 0) is 27.7 Å². The van der Waals surface area contributed by atoms with Gasteiger partial charge in [0.05, 0.1) is 0 Å². The second-order valence-electron chi connectivity index (χ2n) is 4.50. The molecule has 1 amide bonds. The Morgan fingerprint density at radius 2 is 1.94 bits per heavy atom. The van der Waals surface area contributed by atoms with Crippen LogP contribution in [0.4, 0.5) is 4.79 Å². The summed E-state index contributed by atoms with van der Waals surface area (Å²) in [6.45, 7) is 7.51. The molecular formula is C11H21NO5. The van der Waals surface area contributed by atoms with E-state index >= 15 is 0 Å². The van der Waals surface area contributed by atoms with Gasteiger partial charge in [-0.2, -0.15) is 0 Å². The van der Waals surface area contributed by atoms with Gasteiger partial charge >= 0.3 is 12.1 Å². The smallest absolute Gasteiger partial charge is 0.407 e. The number of hydrogen-bond donors (Lipinski definition) is 2. The van der Waals surface area contributed by atoms with Gasteiger partial charge in [0.2, 0.25) is 0 Å². The van der Waals surface area contributed by atoms with E-state index in [2.05, 4.69) is 5.32 Å². The zero-order chi connectivity index (χ0) is 13.5. The normalized spacial score (nSPS) is 12.9. The molecule has 0 aliphatic carbocycles. The van der Waals surface area contributed by atoms with Crippen LogP contribution in [-0.2, 0) is 14.3 Å². The molecule has 0 saturated heterocycles. The lowest BCUT2D eigenvalue weighted by molar-refractivity contribution is -0.150. The van der Waals surface area contributed by atoms with E-state index in [4.69, 9.17) is 14.6 Å². The molecule has 2 N–H and O–H groups in total. The molecule has 6 heteroatoms. The number of rotatable bonds is 6. The lowest BCUT2D eigenvalue weighted by Crippen LogP contribution is -2.35. The van der Waals surface area contributed by atoms with E-state index in [1.54, 1.807) is 27.7 Å². The van der Waals surface area contributed by atoms with Crippen molar-refractivity contribution in [3.05, 3.63) is 0 Å². The second-order valence-corrected chi connectivity index (χ2v) is 4.50. The highest BCUT2D eigenvalue weighted by atomic mass is 16.6. The summed E-state index contributed by atoms with van der Waals surface area (Å²) < 4.78 is 10.00. The number of carbonyl (C=O) groups is 2. The summed E-state index contributed by atoms with van der Waals surface area (Å²) in [5.74, 6) is -1.03. The standard InChI is InChI=1S/C11H21NO5/c1-5-16-8(9(13)14)6-7-12-10(15)17-11(2,3)4/h8H,5-7H2,1-4H3,(H,12,15)(H,13,14)/t8-/m0/s1. The molecule has 0 unspecified atom stereocenters. The van der Waals surface area contributed by atoms with E-state index in [0.29, 0.717) is 6.61 Å². The Morgan fingerprint density at radius 3 is 2.35 bits per heavy atom. The molecule has 0 aromatic rings. The van der Waals surface area contributed by atoms with Crippen molar-refractivity contribution in [1.82, 2.24) is 5.32 Å². The molecule has 0 radical (unpaired) electrons. The van der Waals surface area contributed by atoms with Gasteiger partial charge in [-0.25, -0.2) is 9.59 Å². The minimum absolute atomic E-state index is 0.200. The van der Waals surface area contributed by atoms with Crippen molar-refractivity contribution in [2.45, 2.75) is 45.8 Å². The second kappa shape index (κ2) is 7.11. The zero-order valence-electron chi connectivity index (χ0n) is 10.8. The van der Waals surface area contributed by atoms with Crippen LogP contribution in [0.5, 0.6) is 0 Å². The van der Waals surface area contributed by atoms with Gasteiger partial charge in [0.1, 0.15) is 5.60 Å². The van der Waals surface area contributed by atoms with Crippen LogP contribution >= 0.6 is 0 Å². The first kappa shape index (κ1) is 15.7. The van der Waals surface area contributed by atoms with Crippen LogP contribution in [-0.4, -0.2) is 42.0 Å². The van der Waals surface area contributed by atoms with Crippen LogP contribution in [0.15, 0.2) is 0 Å². The van der Waals surface area contributed by atoms with Crippen LogP contribution < -0.4 is 5.32 Å². The minimum Gasteiger partial charge on any atom is -0.479 e. The third-order valence-electron chi connectivity index (χ3n) is 1.72. The van der Waals surface area contributed by atoms with Crippen molar-refractivity contribution in [2.24, 2.45) is 0 Å². The Bertz CT molecular complexity index is 259. The number of carboxylic acid groups (broad SMARTS) is 1. The van der Waals surface area contributed by atoms with Crippen molar-refractivity contribution >= 4 is 12.1 Å². The number of carboxylic acids is 1. The number of ether oxygens (including phenoxy) is 2. The molecule has 100 valence electrons. The SMILES string of the molecule is CCO[C@@H](CCNC(=O)OC(C)(C)C)C(=O)O. The summed E-state index contributed by atoms with van der Waals surface area (Å²) in [4.78, 5) is 22.0. The summed E-state index contributed by atoms with van der Waals surface area (Å²) in [7, 11) is 0. The van der Waals surface area contributed by atoms with Crippen LogP contribution in [0.2, 0.25) is 0 Å². The van der Waals surface area contributed by atoms with E-state index in [9.17, 15) is 9.59 Å². The number of nitrogens with one attached hydrogen (secondary N) is 1. The first-order chi connectivity index (χ1) is 7.76. The molecule has 0 spiro atoms. The number of alkyl carbamates (subject to hydrolysis) is 1. The number of amides is 1. The highest BCUT2D eigenvalue weighted by Crippen LogP contribution is 2.06. The van der Waals surface area contributed by atoms with Crippen molar-refractivity contribution in [3.63, 3.8) is 0 Å². The number of hydrogen-bond acceptors (Lipinski definition) is 4. The highest BCUT2D eigenvalue weighted by Gasteiger charge is 2.19. The average molecular weight is 247 g/mol. The fraction of sp³-hybridized carbons (Fsp3) is 0.818. The molecule has 0 saturated carbocycles. The minimum atomic E-state index is -1.03. The zero-order valence-corrected chi connectivity index (χ0v) is 10.8. The summed E-state index contributed by atoms with van der Waals surface area (Å²) in [6.07, 6.45) is -1.24. The quantitative estimate of drug-likeness (QED) is 0.741.